The number of oxime groups is 1. The van der Waals surface area contributed by atoms with E-state index in [2.05, 4.69) is 52.3 Å². The quantitative estimate of drug-likeness (QED) is 0.0659. The molecule has 3 aromatic rings. The van der Waals surface area contributed by atoms with Crippen molar-refractivity contribution in [3.8, 4) is 11.3 Å². The van der Waals surface area contributed by atoms with Crippen molar-refractivity contribution >= 4 is 43.8 Å². The van der Waals surface area contributed by atoms with Gasteiger partial charge in [-0.15, -0.1) is 0 Å². The molecule has 0 atom stereocenters. The van der Waals surface area contributed by atoms with E-state index in [-0.39, 0.29) is 0 Å². The van der Waals surface area contributed by atoms with E-state index in [1.54, 1.807) is 0 Å². The van der Waals surface area contributed by atoms with Crippen LogP contribution in [0.1, 0.15) is 26.3 Å². The molecule has 0 saturated heterocycles. The van der Waals surface area contributed by atoms with Crippen LogP contribution in [-0.2, 0) is 14.2 Å². The highest BCUT2D eigenvalue weighted by Gasteiger charge is 2.05. The molecule has 2 aromatic carbocycles. The maximum Gasteiger partial charge on any atom is 0.317 e. The predicted molar refractivity (Wildman–Crippen MR) is 148 cm³/mol. The number of rotatable bonds is 9. The van der Waals surface area contributed by atoms with Gasteiger partial charge in [0.2, 0.25) is 0 Å². The summed E-state index contributed by atoms with van der Waals surface area (Å²) in [5.74, 6) is 5.10. The lowest BCUT2D eigenvalue weighted by atomic mass is 10.1. The molecule has 0 radical (unpaired) electrons. The topological polar surface area (TPSA) is 151 Å². The highest BCUT2D eigenvalue weighted by molar-refractivity contribution is 9.10. The van der Waals surface area contributed by atoms with Gasteiger partial charge in [0.05, 0.1) is 11.3 Å². The van der Waals surface area contributed by atoms with Crippen molar-refractivity contribution in [3.05, 3.63) is 80.8 Å². The van der Waals surface area contributed by atoms with Crippen molar-refractivity contribution in [3.63, 3.8) is 0 Å². The summed E-state index contributed by atoms with van der Waals surface area (Å²) in [6.45, 7) is 7.10. The predicted octanol–water partition coefficient (Wildman–Crippen LogP) is 4.49. The molecule has 0 fully saturated rings. The van der Waals surface area contributed by atoms with E-state index in [0.717, 1.165) is 26.4 Å². The Hall–Kier alpha value is -2.97. The first-order valence-electron chi connectivity index (χ1n) is 11.1. The Labute approximate surface area is 232 Å². The second-order valence-corrected chi connectivity index (χ2v) is 8.46. The number of hydrogen-bond donors (Lipinski definition) is 2. The molecule has 0 spiro atoms. The van der Waals surface area contributed by atoms with Gasteiger partial charge in [-0.05, 0) is 50.1 Å². The minimum Gasteiger partial charge on any atom is -0.711 e. The summed E-state index contributed by atoms with van der Waals surface area (Å²) >= 11 is 6.63. The van der Waals surface area contributed by atoms with Crippen LogP contribution in [0.3, 0.4) is 0 Å². The van der Waals surface area contributed by atoms with Crippen molar-refractivity contribution in [2.75, 3.05) is 19.8 Å². The number of nitrogens with zero attached hydrogens (tertiary/aromatic N) is 5. The van der Waals surface area contributed by atoms with Crippen molar-refractivity contribution in [2.45, 2.75) is 27.2 Å². The third kappa shape index (κ3) is 13.2. The molecule has 0 saturated carbocycles. The van der Waals surface area contributed by atoms with Crippen molar-refractivity contribution in [1.29, 1.82) is 0 Å². The van der Waals surface area contributed by atoms with E-state index in [0.29, 0.717) is 36.0 Å². The van der Waals surface area contributed by atoms with Crippen molar-refractivity contribution in [1.82, 2.24) is 10.2 Å². The zero-order valence-corrected chi connectivity index (χ0v) is 23.9. The minimum absolute atomic E-state index is 0.426. The second kappa shape index (κ2) is 19.2. The van der Waals surface area contributed by atoms with Gasteiger partial charge in [-0.25, -0.2) is 4.73 Å². The van der Waals surface area contributed by atoms with Gasteiger partial charge in [0.15, 0.2) is 5.69 Å². The summed E-state index contributed by atoms with van der Waals surface area (Å²) in [4.78, 5) is 0. The molecule has 1 aromatic heterocycles. The molecular weight excluding hydrogens is 612 g/mol. The van der Waals surface area contributed by atoms with Crippen LogP contribution in [0, 0.1) is 5.21 Å². The van der Waals surface area contributed by atoms with E-state index in [1.165, 1.54) is 12.4 Å². The minimum atomic E-state index is -0.472. The molecule has 37 heavy (non-hydrogen) atoms. The van der Waals surface area contributed by atoms with Crippen molar-refractivity contribution in [2.24, 2.45) is 16.1 Å². The van der Waals surface area contributed by atoms with Gasteiger partial charge in [0.25, 0.3) is 6.48 Å². The number of ether oxygens (including phenoxy) is 3. The first-order valence-corrected chi connectivity index (χ1v) is 12.7. The normalized spacial score (nSPS) is 11.0. The number of nitrogens with two attached hydrogens (primary N) is 1. The SMILES string of the molecule is CCOC(OCC)OCC.N/N=C(\C=N\O)c1ccc(Br)cc1.[O-][n+]1cnnc(-c2ccc(Br)cc2)c1. The Morgan fingerprint density at radius 2 is 1.51 bits per heavy atom. The molecule has 0 unspecified atom stereocenters. The number of hydrazone groups is 1. The number of aromatic nitrogens is 3. The van der Waals surface area contributed by atoms with Gasteiger partial charge >= 0.3 is 6.33 Å². The van der Waals surface area contributed by atoms with Crippen LogP contribution in [0.25, 0.3) is 11.3 Å². The fraction of sp³-hybridized carbons (Fsp3) is 0.292. The molecule has 0 aliphatic heterocycles. The van der Waals surface area contributed by atoms with Crippen LogP contribution >= 0.6 is 31.9 Å². The third-order valence-electron chi connectivity index (χ3n) is 4.09. The summed E-state index contributed by atoms with van der Waals surface area (Å²) in [5, 5.41) is 33.0. The second-order valence-electron chi connectivity index (χ2n) is 6.63. The average molecular weight is 642 g/mol. The molecule has 0 aliphatic carbocycles. The molecule has 3 N–H and O–H groups in total. The Balaban J connectivity index is 0.000000283. The van der Waals surface area contributed by atoms with Crippen LogP contribution in [0.5, 0.6) is 0 Å². The Morgan fingerprint density at radius 3 is 1.95 bits per heavy atom. The largest absolute Gasteiger partial charge is 0.711 e. The Morgan fingerprint density at radius 1 is 1.00 bits per heavy atom. The first kappa shape index (κ1) is 32.1. The molecule has 3 rings (SSSR count). The lowest BCUT2D eigenvalue weighted by Crippen LogP contribution is -2.26. The van der Waals surface area contributed by atoms with E-state index < -0.39 is 6.48 Å². The number of benzene rings is 2. The summed E-state index contributed by atoms with van der Waals surface area (Å²) < 4.78 is 17.8. The fourth-order valence-corrected chi connectivity index (χ4v) is 3.01. The van der Waals surface area contributed by atoms with E-state index >= 15 is 0 Å². The summed E-state index contributed by atoms with van der Waals surface area (Å²) in [6, 6.07) is 14.9. The van der Waals surface area contributed by atoms with Crippen LogP contribution < -0.4 is 10.6 Å². The average Bonchev–Trinajstić information content (AvgIpc) is 2.90. The zero-order valence-electron chi connectivity index (χ0n) is 20.7. The highest BCUT2D eigenvalue weighted by atomic mass is 79.9. The number of hydrogen-bond acceptors (Lipinski definition) is 10. The molecule has 200 valence electrons. The van der Waals surface area contributed by atoms with Gasteiger partial charge in [-0.2, -0.15) is 5.10 Å². The molecule has 0 amide bonds. The van der Waals surface area contributed by atoms with Crippen LogP contribution in [0.2, 0.25) is 0 Å². The van der Waals surface area contributed by atoms with Crippen LogP contribution in [-0.4, -0.2) is 53.6 Å². The van der Waals surface area contributed by atoms with Gasteiger partial charge < -0.3 is 30.5 Å². The molecular formula is C24H30Br2N6O5. The Bertz CT molecular complexity index is 1070. The maximum atomic E-state index is 10.9. The van der Waals surface area contributed by atoms with Gasteiger partial charge in [0.1, 0.15) is 11.9 Å². The lowest BCUT2D eigenvalue weighted by molar-refractivity contribution is -0.609. The molecule has 1 heterocycles. The van der Waals surface area contributed by atoms with Gasteiger partial charge in [-0.3, -0.25) is 0 Å². The van der Waals surface area contributed by atoms with Crippen molar-refractivity contribution < 1.29 is 24.1 Å². The summed E-state index contributed by atoms with van der Waals surface area (Å²) in [5.41, 5.74) is 2.65. The van der Waals surface area contributed by atoms with Crippen LogP contribution in [0.15, 0.2) is 80.3 Å². The monoisotopic (exact) mass is 640 g/mol. The summed E-state index contributed by atoms with van der Waals surface area (Å²) in [6.07, 6.45) is 3.68. The smallest absolute Gasteiger partial charge is 0.317 e. The van der Waals surface area contributed by atoms with E-state index in [1.807, 2.05) is 69.3 Å². The van der Waals surface area contributed by atoms with E-state index in [9.17, 15) is 5.21 Å². The van der Waals surface area contributed by atoms with Gasteiger partial charge in [0, 0.05) is 39.9 Å². The Kier molecular flexibility index (Phi) is 16.6. The molecule has 13 heteroatoms. The lowest BCUT2D eigenvalue weighted by Gasteiger charge is -2.15. The van der Waals surface area contributed by atoms with E-state index in [4.69, 9.17) is 25.3 Å². The first-order chi connectivity index (χ1) is 17.9. The molecule has 0 aliphatic rings. The number of halogens is 2. The molecule has 0 bridgehead atoms. The summed E-state index contributed by atoms with van der Waals surface area (Å²) in [7, 11) is 0. The van der Waals surface area contributed by atoms with Crippen LogP contribution in [0.4, 0.5) is 0 Å². The van der Waals surface area contributed by atoms with Gasteiger partial charge in [-0.1, -0.05) is 61.3 Å². The zero-order chi connectivity index (χ0) is 27.5. The fourth-order valence-electron chi connectivity index (χ4n) is 2.48. The molecule has 11 nitrogen and oxygen atoms in total. The highest BCUT2D eigenvalue weighted by Crippen LogP contribution is 2.17. The maximum absolute atomic E-state index is 10.9. The third-order valence-corrected chi connectivity index (χ3v) is 5.15. The standard InChI is InChI=1S/C9H6BrN3O.C8H8BrN3O.C7H16O3/c10-8-3-1-7(2-4-8)9-5-13(14)6-11-12-9;9-7-3-1-6(2-4-7)8(12-10)5-11-13;1-4-8-7(9-5-2)10-6-3/h1-6H;1-5,13H,10H2;7H,4-6H2,1-3H3/b;11-5+,12-8+;.